The van der Waals surface area contributed by atoms with E-state index in [9.17, 15) is 14.7 Å². The quantitative estimate of drug-likeness (QED) is 0.379. The smallest absolute Gasteiger partial charge is 0.335 e. The maximum absolute atomic E-state index is 13.1. The SMILES string of the molecule is Cc1ccc(-c2c(CC(=O)OCc3c(C)ccc(C(=O)O)c3C)c(C)nc(CC(C)C)c2CN)cc1. The van der Waals surface area contributed by atoms with Crippen LogP contribution >= 0.6 is 0 Å². The highest BCUT2D eigenvalue weighted by Crippen LogP contribution is 2.33. The van der Waals surface area contributed by atoms with Gasteiger partial charge in [0.2, 0.25) is 0 Å². The topological polar surface area (TPSA) is 103 Å². The third-order valence-corrected chi connectivity index (χ3v) is 6.60. The summed E-state index contributed by atoms with van der Waals surface area (Å²) in [6.45, 7) is 12.2. The minimum atomic E-state index is -1.000. The second-order valence-electron chi connectivity index (χ2n) is 9.82. The number of benzene rings is 2. The van der Waals surface area contributed by atoms with Crippen molar-refractivity contribution < 1.29 is 19.4 Å². The molecule has 0 spiro atoms. The van der Waals surface area contributed by atoms with Crippen LogP contribution in [0.1, 0.15) is 69.0 Å². The van der Waals surface area contributed by atoms with Gasteiger partial charge in [0.25, 0.3) is 0 Å². The first kappa shape index (κ1) is 27.1. The van der Waals surface area contributed by atoms with E-state index in [1.807, 2.05) is 20.8 Å². The van der Waals surface area contributed by atoms with E-state index in [2.05, 4.69) is 38.1 Å². The molecule has 0 aliphatic rings. The van der Waals surface area contributed by atoms with Crippen LogP contribution in [0.25, 0.3) is 11.1 Å². The van der Waals surface area contributed by atoms with Crippen molar-refractivity contribution in [3.05, 3.63) is 86.7 Å². The Kier molecular flexibility index (Phi) is 8.64. The number of carboxylic acids is 1. The van der Waals surface area contributed by atoms with Crippen LogP contribution in [0.2, 0.25) is 0 Å². The normalized spacial score (nSPS) is 11.1. The lowest BCUT2D eigenvalue weighted by Crippen LogP contribution is -2.17. The van der Waals surface area contributed by atoms with Gasteiger partial charge in [0.1, 0.15) is 6.61 Å². The Labute approximate surface area is 213 Å². The molecule has 0 saturated heterocycles. The lowest BCUT2D eigenvalue weighted by atomic mass is 9.88. The van der Waals surface area contributed by atoms with Crippen molar-refractivity contribution in [1.82, 2.24) is 4.98 Å². The van der Waals surface area contributed by atoms with Gasteiger partial charge in [0.05, 0.1) is 12.0 Å². The number of hydrogen-bond acceptors (Lipinski definition) is 5. The molecule has 3 aromatic rings. The highest BCUT2D eigenvalue weighted by Gasteiger charge is 2.22. The summed E-state index contributed by atoms with van der Waals surface area (Å²) in [7, 11) is 0. The lowest BCUT2D eigenvalue weighted by Gasteiger charge is -2.21. The van der Waals surface area contributed by atoms with Crippen molar-refractivity contribution in [2.75, 3.05) is 0 Å². The van der Waals surface area contributed by atoms with Crippen molar-refractivity contribution in [3.63, 3.8) is 0 Å². The van der Waals surface area contributed by atoms with Crippen LogP contribution in [-0.2, 0) is 35.5 Å². The van der Waals surface area contributed by atoms with E-state index in [1.54, 1.807) is 19.1 Å². The molecular weight excluding hydrogens is 452 g/mol. The molecule has 0 amide bonds. The van der Waals surface area contributed by atoms with Gasteiger partial charge >= 0.3 is 11.9 Å². The van der Waals surface area contributed by atoms with Crippen molar-refractivity contribution >= 4 is 11.9 Å². The molecule has 3 N–H and O–H groups in total. The van der Waals surface area contributed by atoms with Gasteiger partial charge in [-0.05, 0) is 85.0 Å². The lowest BCUT2D eigenvalue weighted by molar-refractivity contribution is -0.144. The Morgan fingerprint density at radius 3 is 2.22 bits per heavy atom. The average Bonchev–Trinajstić information content (AvgIpc) is 2.80. The fraction of sp³-hybridized carbons (Fsp3) is 0.367. The zero-order valence-corrected chi connectivity index (χ0v) is 22.1. The molecule has 0 aliphatic heterocycles. The molecule has 0 radical (unpaired) electrons. The van der Waals surface area contributed by atoms with Crippen LogP contribution < -0.4 is 5.73 Å². The molecule has 0 unspecified atom stereocenters. The molecule has 3 rings (SSSR count). The van der Waals surface area contributed by atoms with E-state index in [-0.39, 0.29) is 18.6 Å². The third-order valence-electron chi connectivity index (χ3n) is 6.60. The molecule has 1 heterocycles. The van der Waals surface area contributed by atoms with E-state index in [4.69, 9.17) is 15.5 Å². The third kappa shape index (κ3) is 6.00. The summed E-state index contributed by atoms with van der Waals surface area (Å²) in [6.07, 6.45) is 0.850. The number of aryl methyl sites for hydroxylation is 3. The number of esters is 1. The van der Waals surface area contributed by atoms with Crippen molar-refractivity contribution in [2.45, 2.75) is 67.5 Å². The van der Waals surface area contributed by atoms with E-state index in [0.29, 0.717) is 23.6 Å². The molecule has 1 aromatic heterocycles. The number of pyridine rings is 1. The molecule has 6 heteroatoms. The fourth-order valence-corrected chi connectivity index (χ4v) is 4.60. The van der Waals surface area contributed by atoms with Crippen molar-refractivity contribution in [3.8, 4) is 11.1 Å². The Morgan fingerprint density at radius 2 is 1.64 bits per heavy atom. The van der Waals surface area contributed by atoms with Gasteiger partial charge in [0, 0.05) is 17.9 Å². The van der Waals surface area contributed by atoms with E-state index < -0.39 is 11.9 Å². The van der Waals surface area contributed by atoms with Gasteiger partial charge in [0.15, 0.2) is 0 Å². The predicted octanol–water partition coefficient (Wildman–Crippen LogP) is 5.62. The first-order chi connectivity index (χ1) is 17.0. The van der Waals surface area contributed by atoms with E-state index in [1.165, 1.54) is 0 Å². The maximum Gasteiger partial charge on any atom is 0.335 e. The summed E-state index contributed by atoms with van der Waals surface area (Å²) in [5.74, 6) is -0.982. The van der Waals surface area contributed by atoms with Gasteiger partial charge in [-0.25, -0.2) is 4.79 Å². The number of carbonyl (C=O) groups excluding carboxylic acids is 1. The van der Waals surface area contributed by atoms with Gasteiger partial charge in [-0.1, -0.05) is 49.7 Å². The van der Waals surface area contributed by atoms with Crippen LogP contribution in [0.5, 0.6) is 0 Å². The van der Waals surface area contributed by atoms with Crippen molar-refractivity contribution in [1.29, 1.82) is 0 Å². The summed E-state index contributed by atoms with van der Waals surface area (Å²) in [4.78, 5) is 29.5. The first-order valence-electron chi connectivity index (χ1n) is 12.3. The predicted molar refractivity (Wildman–Crippen MR) is 142 cm³/mol. The van der Waals surface area contributed by atoms with Gasteiger partial charge < -0.3 is 15.6 Å². The van der Waals surface area contributed by atoms with Gasteiger partial charge in [-0.3, -0.25) is 9.78 Å². The van der Waals surface area contributed by atoms with Gasteiger partial charge in [-0.2, -0.15) is 0 Å². The number of nitrogens with two attached hydrogens (primary N) is 1. The highest BCUT2D eigenvalue weighted by molar-refractivity contribution is 5.90. The second kappa shape index (κ2) is 11.5. The molecular formula is C30H36N2O4. The minimum Gasteiger partial charge on any atom is -0.478 e. The summed E-state index contributed by atoms with van der Waals surface area (Å²) < 4.78 is 5.67. The highest BCUT2D eigenvalue weighted by atomic mass is 16.5. The Hall–Kier alpha value is -3.51. The molecule has 0 bridgehead atoms. The monoisotopic (exact) mass is 488 g/mol. The number of ether oxygens (including phenoxy) is 1. The largest absolute Gasteiger partial charge is 0.478 e. The number of nitrogens with zero attached hydrogens (tertiary/aromatic N) is 1. The molecule has 2 aromatic carbocycles. The molecule has 0 fully saturated rings. The Balaban J connectivity index is 1.98. The summed E-state index contributed by atoms with van der Waals surface area (Å²) in [5, 5.41) is 9.44. The molecule has 36 heavy (non-hydrogen) atoms. The average molecular weight is 489 g/mol. The molecule has 6 nitrogen and oxygen atoms in total. The molecule has 0 atom stereocenters. The number of carbonyl (C=O) groups is 2. The van der Waals surface area contributed by atoms with E-state index in [0.717, 1.165) is 51.2 Å². The molecule has 0 aliphatic carbocycles. The Morgan fingerprint density at radius 1 is 0.972 bits per heavy atom. The minimum absolute atomic E-state index is 0.0130. The number of rotatable bonds is 9. The first-order valence-corrected chi connectivity index (χ1v) is 12.3. The fourth-order valence-electron chi connectivity index (χ4n) is 4.60. The molecule has 0 saturated carbocycles. The van der Waals surface area contributed by atoms with Crippen LogP contribution in [0.3, 0.4) is 0 Å². The van der Waals surface area contributed by atoms with Crippen LogP contribution in [0, 0.1) is 33.6 Å². The number of carboxylic acid groups (broad SMARTS) is 1. The second-order valence-corrected chi connectivity index (χ2v) is 9.82. The Bertz CT molecular complexity index is 1280. The molecule has 190 valence electrons. The van der Waals surface area contributed by atoms with Crippen LogP contribution in [-0.4, -0.2) is 22.0 Å². The zero-order chi connectivity index (χ0) is 26.6. The van der Waals surface area contributed by atoms with Crippen LogP contribution in [0.15, 0.2) is 36.4 Å². The van der Waals surface area contributed by atoms with E-state index >= 15 is 0 Å². The summed E-state index contributed by atoms with van der Waals surface area (Å²) >= 11 is 0. The number of hydrogen-bond donors (Lipinski definition) is 2. The maximum atomic E-state index is 13.1. The zero-order valence-electron chi connectivity index (χ0n) is 22.1. The summed E-state index contributed by atoms with van der Waals surface area (Å²) in [6, 6.07) is 11.5. The number of aromatic carboxylic acids is 1. The standard InChI is InChI=1S/C30H36N2O4/c1-17(2)13-27-25(15-31)29(22-10-7-18(3)8-11-22)24(21(6)32-27)14-28(33)36-16-26-19(4)9-12-23(20(26)5)30(34)35/h7-12,17H,13-16,31H2,1-6H3,(H,34,35). The van der Waals surface area contributed by atoms with Crippen LogP contribution in [0.4, 0.5) is 0 Å². The van der Waals surface area contributed by atoms with Gasteiger partial charge in [-0.15, -0.1) is 0 Å². The van der Waals surface area contributed by atoms with Crippen molar-refractivity contribution in [2.24, 2.45) is 11.7 Å². The summed E-state index contributed by atoms with van der Waals surface area (Å²) in [5.41, 5.74) is 15.3. The number of aromatic nitrogens is 1.